The largest absolute Gasteiger partial charge is 0.383 e. The van der Waals surface area contributed by atoms with Gasteiger partial charge in [-0.3, -0.25) is 4.79 Å². The molecule has 1 saturated heterocycles. The Labute approximate surface area is 122 Å². The predicted octanol–water partition coefficient (Wildman–Crippen LogP) is 1.65. The molecule has 4 nitrogen and oxygen atoms in total. The van der Waals surface area contributed by atoms with Crippen LogP contribution in [0.5, 0.6) is 0 Å². The monoisotopic (exact) mass is 280 g/mol. The highest BCUT2D eigenvalue weighted by Gasteiger charge is 2.45. The molecule has 0 aromatic rings. The average Bonchev–Trinajstić information content (AvgIpc) is 3.05. The first kappa shape index (κ1) is 14.3. The third kappa shape index (κ3) is 2.73. The summed E-state index contributed by atoms with van der Waals surface area (Å²) in [6.45, 7) is 4.63. The quantitative estimate of drug-likeness (QED) is 0.804. The van der Waals surface area contributed by atoms with E-state index >= 15 is 0 Å². The molecule has 0 bridgehead atoms. The van der Waals surface area contributed by atoms with Gasteiger partial charge in [-0.25, -0.2) is 0 Å². The number of nitrogens with zero attached hydrogens (tertiary/aromatic N) is 1. The molecular weight excluding hydrogens is 252 g/mol. The number of nitrogens with one attached hydrogen (secondary N) is 1. The van der Waals surface area contributed by atoms with Crippen molar-refractivity contribution in [1.29, 1.82) is 0 Å². The van der Waals surface area contributed by atoms with Crippen LogP contribution in [0, 0.1) is 17.8 Å². The first-order valence-corrected chi connectivity index (χ1v) is 8.25. The summed E-state index contributed by atoms with van der Waals surface area (Å²) in [5.41, 5.74) is 0. The fraction of sp³-hybridized carbons (Fsp3) is 0.938. The van der Waals surface area contributed by atoms with Crippen LogP contribution in [0.15, 0.2) is 0 Å². The van der Waals surface area contributed by atoms with Gasteiger partial charge in [-0.15, -0.1) is 0 Å². The third-order valence-electron chi connectivity index (χ3n) is 5.63. The lowest BCUT2D eigenvalue weighted by molar-refractivity contribution is -0.137. The molecular formula is C16H28N2O2. The van der Waals surface area contributed by atoms with E-state index in [0.29, 0.717) is 24.5 Å². The number of rotatable bonds is 6. The molecule has 0 aromatic carbocycles. The molecule has 4 heteroatoms. The van der Waals surface area contributed by atoms with Gasteiger partial charge in [-0.1, -0.05) is 6.42 Å². The number of ether oxygens (including phenoxy) is 1. The van der Waals surface area contributed by atoms with Crippen LogP contribution in [-0.4, -0.2) is 49.7 Å². The van der Waals surface area contributed by atoms with E-state index in [1.165, 1.54) is 32.1 Å². The van der Waals surface area contributed by atoms with Gasteiger partial charge in [-0.2, -0.15) is 0 Å². The molecule has 3 fully saturated rings. The predicted molar refractivity (Wildman–Crippen MR) is 78.4 cm³/mol. The summed E-state index contributed by atoms with van der Waals surface area (Å²) in [4.78, 5) is 15.1. The number of fused-ring (bicyclic) bond motifs is 1. The van der Waals surface area contributed by atoms with Crippen molar-refractivity contribution in [1.82, 2.24) is 10.2 Å². The Morgan fingerprint density at radius 3 is 2.85 bits per heavy atom. The summed E-state index contributed by atoms with van der Waals surface area (Å²) in [5, 5.41) is 3.50. The lowest BCUT2D eigenvalue weighted by Crippen LogP contribution is -2.51. The van der Waals surface area contributed by atoms with Crippen LogP contribution in [-0.2, 0) is 9.53 Å². The average molecular weight is 280 g/mol. The first-order valence-electron chi connectivity index (χ1n) is 8.25. The van der Waals surface area contributed by atoms with Crippen molar-refractivity contribution in [2.24, 2.45) is 17.8 Å². The Morgan fingerprint density at radius 2 is 2.15 bits per heavy atom. The molecule has 2 saturated carbocycles. The van der Waals surface area contributed by atoms with Crippen LogP contribution >= 0.6 is 0 Å². The molecule has 0 aromatic heterocycles. The SMILES string of the molecule is COCCN(C(=O)C1NCC2CCCC21)C(C)C1CC1. The third-order valence-corrected chi connectivity index (χ3v) is 5.63. The Hall–Kier alpha value is -0.610. The van der Waals surface area contributed by atoms with Gasteiger partial charge in [-0.05, 0) is 56.9 Å². The van der Waals surface area contributed by atoms with Gasteiger partial charge >= 0.3 is 0 Å². The van der Waals surface area contributed by atoms with Crippen molar-refractivity contribution in [3.63, 3.8) is 0 Å². The smallest absolute Gasteiger partial charge is 0.240 e. The summed E-state index contributed by atoms with van der Waals surface area (Å²) in [7, 11) is 1.71. The Kier molecular flexibility index (Phi) is 4.32. The van der Waals surface area contributed by atoms with E-state index < -0.39 is 0 Å². The second-order valence-corrected chi connectivity index (χ2v) is 6.84. The van der Waals surface area contributed by atoms with Gasteiger partial charge in [0.1, 0.15) is 0 Å². The van der Waals surface area contributed by atoms with Crippen LogP contribution in [0.4, 0.5) is 0 Å². The molecule has 1 heterocycles. The lowest BCUT2D eigenvalue weighted by atomic mass is 9.93. The number of methoxy groups -OCH3 is 1. The molecule has 4 atom stereocenters. The summed E-state index contributed by atoms with van der Waals surface area (Å²) < 4.78 is 5.21. The fourth-order valence-electron chi connectivity index (χ4n) is 4.17. The molecule has 20 heavy (non-hydrogen) atoms. The van der Waals surface area contributed by atoms with Crippen molar-refractivity contribution in [3.05, 3.63) is 0 Å². The summed E-state index contributed by atoms with van der Waals surface area (Å²) >= 11 is 0. The van der Waals surface area contributed by atoms with E-state index in [2.05, 4.69) is 17.1 Å². The topological polar surface area (TPSA) is 41.6 Å². The van der Waals surface area contributed by atoms with Gasteiger partial charge in [0.05, 0.1) is 12.6 Å². The Morgan fingerprint density at radius 1 is 1.35 bits per heavy atom. The fourth-order valence-corrected chi connectivity index (χ4v) is 4.17. The lowest BCUT2D eigenvalue weighted by Gasteiger charge is -2.33. The molecule has 1 N–H and O–H groups in total. The van der Waals surface area contributed by atoms with Crippen LogP contribution < -0.4 is 5.32 Å². The van der Waals surface area contributed by atoms with E-state index in [1.807, 2.05) is 0 Å². The second-order valence-electron chi connectivity index (χ2n) is 6.84. The Bertz CT molecular complexity index is 356. The van der Waals surface area contributed by atoms with Crippen LogP contribution in [0.1, 0.15) is 39.0 Å². The van der Waals surface area contributed by atoms with Gasteiger partial charge in [0.2, 0.25) is 5.91 Å². The highest BCUT2D eigenvalue weighted by Crippen LogP contribution is 2.40. The van der Waals surface area contributed by atoms with Gasteiger partial charge in [0.25, 0.3) is 0 Å². The summed E-state index contributed by atoms with van der Waals surface area (Å²) in [5.74, 6) is 2.37. The van der Waals surface area contributed by atoms with Gasteiger partial charge < -0.3 is 15.0 Å². The van der Waals surface area contributed by atoms with Crippen LogP contribution in [0.2, 0.25) is 0 Å². The minimum Gasteiger partial charge on any atom is -0.383 e. The second kappa shape index (κ2) is 6.02. The molecule has 0 spiro atoms. The van der Waals surface area contributed by atoms with Crippen LogP contribution in [0.25, 0.3) is 0 Å². The van der Waals surface area contributed by atoms with Gasteiger partial charge in [0.15, 0.2) is 0 Å². The minimum absolute atomic E-state index is 0.0700. The maximum atomic E-state index is 13.0. The van der Waals surface area contributed by atoms with E-state index in [9.17, 15) is 4.79 Å². The highest BCUT2D eigenvalue weighted by atomic mass is 16.5. The minimum atomic E-state index is 0.0700. The van der Waals surface area contributed by atoms with E-state index in [1.54, 1.807) is 7.11 Å². The summed E-state index contributed by atoms with van der Waals surface area (Å²) in [6.07, 6.45) is 6.39. The maximum Gasteiger partial charge on any atom is 0.240 e. The van der Waals surface area contributed by atoms with E-state index in [0.717, 1.165) is 24.9 Å². The molecule has 0 radical (unpaired) electrons. The van der Waals surface area contributed by atoms with Crippen molar-refractivity contribution in [2.75, 3.05) is 26.8 Å². The first-order chi connectivity index (χ1) is 9.72. The molecule has 4 unspecified atom stereocenters. The molecule has 3 rings (SSSR count). The van der Waals surface area contributed by atoms with Crippen molar-refractivity contribution < 1.29 is 9.53 Å². The maximum absolute atomic E-state index is 13.0. The van der Waals surface area contributed by atoms with E-state index in [-0.39, 0.29) is 6.04 Å². The zero-order chi connectivity index (χ0) is 14.1. The van der Waals surface area contributed by atoms with E-state index in [4.69, 9.17) is 4.74 Å². The zero-order valence-corrected chi connectivity index (χ0v) is 12.8. The highest BCUT2D eigenvalue weighted by molar-refractivity contribution is 5.83. The number of hydrogen-bond acceptors (Lipinski definition) is 3. The molecule has 2 aliphatic carbocycles. The number of carbonyl (C=O) groups excluding carboxylic acids is 1. The van der Waals surface area contributed by atoms with Crippen molar-refractivity contribution in [2.45, 2.75) is 51.1 Å². The molecule has 1 amide bonds. The standard InChI is InChI=1S/C16H28N2O2/c1-11(12-6-7-12)18(8-9-20-2)16(19)15-14-5-3-4-13(14)10-17-15/h11-15,17H,3-10H2,1-2H3. The normalized spacial score (nSPS) is 34.0. The zero-order valence-electron chi connectivity index (χ0n) is 12.8. The molecule has 3 aliphatic rings. The summed E-state index contributed by atoms with van der Waals surface area (Å²) in [6, 6.07) is 0.445. The van der Waals surface area contributed by atoms with Crippen molar-refractivity contribution >= 4 is 5.91 Å². The molecule has 1 aliphatic heterocycles. The van der Waals surface area contributed by atoms with Crippen molar-refractivity contribution in [3.8, 4) is 0 Å². The number of amides is 1. The number of carbonyl (C=O) groups is 1. The van der Waals surface area contributed by atoms with Gasteiger partial charge in [0, 0.05) is 19.7 Å². The Balaban J connectivity index is 1.67. The number of hydrogen-bond donors (Lipinski definition) is 1. The van der Waals surface area contributed by atoms with Crippen LogP contribution in [0.3, 0.4) is 0 Å². The molecule has 114 valence electrons.